The average Bonchev–Trinajstić information content (AvgIpc) is 3.23. The summed E-state index contributed by atoms with van der Waals surface area (Å²) in [5, 5.41) is 4.38. The highest BCUT2D eigenvalue weighted by molar-refractivity contribution is 7.20. The van der Waals surface area contributed by atoms with Gasteiger partial charge in [-0.25, -0.2) is 4.98 Å². The van der Waals surface area contributed by atoms with Crippen LogP contribution in [0.3, 0.4) is 0 Å². The molecule has 0 aliphatic carbocycles. The zero-order chi connectivity index (χ0) is 15.4. The highest BCUT2D eigenvalue weighted by Crippen LogP contribution is 2.27. The van der Waals surface area contributed by atoms with E-state index in [1.165, 1.54) is 17.5 Å². The van der Waals surface area contributed by atoms with Crippen molar-refractivity contribution in [2.75, 3.05) is 0 Å². The molecule has 2 N–H and O–H groups in total. The van der Waals surface area contributed by atoms with Gasteiger partial charge in [0.15, 0.2) is 0 Å². The van der Waals surface area contributed by atoms with Crippen molar-refractivity contribution in [1.29, 1.82) is 0 Å². The molecular weight excluding hydrogens is 320 g/mol. The second kappa shape index (κ2) is 6.46. The van der Waals surface area contributed by atoms with Gasteiger partial charge in [0.05, 0.1) is 10.4 Å². The zero-order valence-electron chi connectivity index (χ0n) is 11.1. The van der Waals surface area contributed by atoms with Crippen molar-refractivity contribution in [2.45, 2.75) is 0 Å². The lowest BCUT2D eigenvalue weighted by Crippen LogP contribution is -2.41. The van der Waals surface area contributed by atoms with E-state index < -0.39 is 11.8 Å². The van der Waals surface area contributed by atoms with Crippen LogP contribution >= 0.6 is 22.7 Å². The number of nitrogens with one attached hydrogen (secondary N) is 2. The molecule has 8 heteroatoms. The molecule has 3 aromatic heterocycles. The molecule has 6 nitrogen and oxygen atoms in total. The van der Waals surface area contributed by atoms with Crippen LogP contribution in [0.1, 0.15) is 20.8 Å². The van der Waals surface area contributed by atoms with Crippen LogP contribution in [-0.4, -0.2) is 21.8 Å². The Labute approximate surface area is 133 Å². The van der Waals surface area contributed by atoms with E-state index in [-0.39, 0.29) is 5.69 Å². The van der Waals surface area contributed by atoms with Gasteiger partial charge in [-0.1, -0.05) is 6.07 Å². The lowest BCUT2D eigenvalue weighted by Gasteiger charge is -2.05. The molecule has 2 amide bonds. The number of rotatable bonds is 3. The Morgan fingerprint density at radius 2 is 1.91 bits per heavy atom. The van der Waals surface area contributed by atoms with Crippen molar-refractivity contribution in [3.8, 4) is 9.88 Å². The van der Waals surface area contributed by atoms with Gasteiger partial charge >= 0.3 is 0 Å². The molecule has 0 aliphatic rings. The molecule has 0 aromatic carbocycles. The van der Waals surface area contributed by atoms with Gasteiger partial charge in [0.1, 0.15) is 10.7 Å². The lowest BCUT2D eigenvalue weighted by molar-refractivity contribution is 0.0844. The van der Waals surface area contributed by atoms with Gasteiger partial charge in [0.2, 0.25) is 0 Å². The van der Waals surface area contributed by atoms with Crippen LogP contribution in [-0.2, 0) is 0 Å². The quantitative estimate of drug-likeness (QED) is 0.722. The first-order valence-corrected chi connectivity index (χ1v) is 8.00. The van der Waals surface area contributed by atoms with Crippen LogP contribution in [0.2, 0.25) is 0 Å². The zero-order valence-corrected chi connectivity index (χ0v) is 12.8. The Morgan fingerprint density at radius 1 is 1.05 bits per heavy atom. The third-order valence-electron chi connectivity index (χ3n) is 2.68. The fourth-order valence-electron chi connectivity index (χ4n) is 1.64. The van der Waals surface area contributed by atoms with Crippen molar-refractivity contribution in [1.82, 2.24) is 20.8 Å². The standard InChI is InChI=1S/C14H10N4O2S2/c19-12(9-3-1-5-15-7-9)17-18-13(20)10-8-22-14(16-10)11-4-2-6-21-11/h1-8H,(H,17,19)(H,18,20). The topological polar surface area (TPSA) is 84.0 Å². The van der Waals surface area contributed by atoms with E-state index in [9.17, 15) is 9.59 Å². The number of nitrogens with zero attached hydrogens (tertiary/aromatic N) is 2. The third-order valence-corrected chi connectivity index (χ3v) is 4.56. The summed E-state index contributed by atoms with van der Waals surface area (Å²) in [5.74, 6) is -0.897. The molecule has 0 bridgehead atoms. The summed E-state index contributed by atoms with van der Waals surface area (Å²) in [6.45, 7) is 0. The minimum atomic E-state index is -0.462. The monoisotopic (exact) mass is 330 g/mol. The fraction of sp³-hybridized carbons (Fsp3) is 0. The van der Waals surface area contributed by atoms with Crippen molar-refractivity contribution in [3.05, 3.63) is 58.7 Å². The van der Waals surface area contributed by atoms with E-state index in [1.54, 1.807) is 35.0 Å². The van der Waals surface area contributed by atoms with Crippen LogP contribution in [0.25, 0.3) is 9.88 Å². The number of carbonyl (C=O) groups is 2. The largest absolute Gasteiger partial charge is 0.289 e. The van der Waals surface area contributed by atoms with Gasteiger partial charge in [0.25, 0.3) is 11.8 Å². The molecule has 0 saturated carbocycles. The van der Waals surface area contributed by atoms with Crippen molar-refractivity contribution >= 4 is 34.5 Å². The first-order valence-electron chi connectivity index (χ1n) is 6.24. The molecule has 22 heavy (non-hydrogen) atoms. The highest BCUT2D eigenvalue weighted by atomic mass is 32.1. The minimum absolute atomic E-state index is 0.264. The SMILES string of the molecule is O=C(NNC(=O)c1csc(-c2cccs2)n1)c1cccnc1. The Morgan fingerprint density at radius 3 is 2.64 bits per heavy atom. The summed E-state index contributed by atoms with van der Waals surface area (Å²) >= 11 is 2.94. The van der Waals surface area contributed by atoms with Crippen LogP contribution in [0.4, 0.5) is 0 Å². The molecule has 110 valence electrons. The third kappa shape index (κ3) is 3.18. The number of thiophene rings is 1. The van der Waals surface area contributed by atoms with Crippen LogP contribution in [0, 0.1) is 0 Å². The van der Waals surface area contributed by atoms with Crippen molar-refractivity contribution < 1.29 is 9.59 Å². The maximum atomic E-state index is 12.0. The van der Waals surface area contributed by atoms with Gasteiger partial charge in [0, 0.05) is 17.8 Å². The lowest BCUT2D eigenvalue weighted by atomic mass is 10.3. The molecule has 0 saturated heterocycles. The van der Waals surface area contributed by atoms with Crippen molar-refractivity contribution in [3.63, 3.8) is 0 Å². The summed E-state index contributed by atoms with van der Waals surface area (Å²) in [6.07, 6.45) is 2.98. The predicted octanol–water partition coefficient (Wildman–Crippen LogP) is 2.34. The Bertz CT molecular complexity index is 784. The second-order valence-corrected chi connectivity index (χ2v) is 5.97. The number of hydrogen-bond donors (Lipinski definition) is 2. The number of amides is 2. The molecular formula is C14H10N4O2S2. The maximum absolute atomic E-state index is 12.0. The summed E-state index contributed by atoms with van der Waals surface area (Å²) in [7, 11) is 0. The van der Waals surface area contributed by atoms with Crippen LogP contribution < -0.4 is 10.9 Å². The molecule has 0 unspecified atom stereocenters. The fourth-order valence-corrected chi connectivity index (χ4v) is 3.25. The molecule has 0 atom stereocenters. The van der Waals surface area contributed by atoms with Gasteiger partial charge in [-0.15, -0.1) is 22.7 Å². The molecule has 0 spiro atoms. The van der Waals surface area contributed by atoms with E-state index in [0.717, 1.165) is 9.88 Å². The first kappa shape index (κ1) is 14.4. The number of carbonyl (C=O) groups excluding carboxylic acids is 2. The number of aromatic nitrogens is 2. The summed E-state index contributed by atoms with van der Waals surface area (Å²) in [6, 6.07) is 7.11. The molecule has 3 heterocycles. The Hall–Kier alpha value is -2.58. The minimum Gasteiger partial charge on any atom is -0.267 e. The van der Waals surface area contributed by atoms with Gasteiger partial charge in [-0.05, 0) is 23.6 Å². The Balaban J connectivity index is 1.62. The molecule has 3 rings (SSSR count). The van der Waals surface area contributed by atoms with Crippen LogP contribution in [0.5, 0.6) is 0 Å². The Kier molecular flexibility index (Phi) is 4.22. The predicted molar refractivity (Wildman–Crippen MR) is 84.6 cm³/mol. The van der Waals surface area contributed by atoms with Gasteiger partial charge in [-0.2, -0.15) is 0 Å². The van der Waals surface area contributed by atoms with Crippen LogP contribution in [0.15, 0.2) is 47.4 Å². The molecule has 0 aliphatic heterocycles. The summed E-state index contributed by atoms with van der Waals surface area (Å²) in [4.78, 5) is 32.9. The molecule has 3 aromatic rings. The maximum Gasteiger partial charge on any atom is 0.289 e. The van der Waals surface area contributed by atoms with E-state index >= 15 is 0 Å². The summed E-state index contributed by atoms with van der Waals surface area (Å²) in [5.41, 5.74) is 5.29. The van der Waals surface area contributed by atoms with E-state index in [1.807, 2.05) is 17.5 Å². The molecule has 0 fully saturated rings. The number of hydrogen-bond acceptors (Lipinski definition) is 6. The highest BCUT2D eigenvalue weighted by Gasteiger charge is 2.13. The van der Waals surface area contributed by atoms with Gasteiger partial charge < -0.3 is 0 Å². The normalized spacial score (nSPS) is 10.2. The number of thiazole rings is 1. The molecule has 0 radical (unpaired) electrons. The van der Waals surface area contributed by atoms with Gasteiger partial charge in [-0.3, -0.25) is 25.4 Å². The van der Waals surface area contributed by atoms with E-state index in [4.69, 9.17) is 0 Å². The first-order chi connectivity index (χ1) is 10.7. The number of pyridine rings is 1. The second-order valence-electron chi connectivity index (χ2n) is 4.17. The van der Waals surface area contributed by atoms with E-state index in [2.05, 4.69) is 20.8 Å². The number of hydrazine groups is 1. The van der Waals surface area contributed by atoms with E-state index in [0.29, 0.717) is 5.56 Å². The summed E-state index contributed by atoms with van der Waals surface area (Å²) < 4.78 is 0. The van der Waals surface area contributed by atoms with Crippen molar-refractivity contribution in [2.24, 2.45) is 0 Å². The average molecular weight is 330 g/mol. The smallest absolute Gasteiger partial charge is 0.267 e.